The van der Waals surface area contributed by atoms with Crippen LogP contribution in [0.2, 0.25) is 0 Å². The highest BCUT2D eigenvalue weighted by atomic mass is 79.9. The molecule has 0 saturated heterocycles. The molecule has 1 aliphatic carbocycles. The average Bonchev–Trinajstić information content (AvgIpc) is 2.74. The number of ether oxygens (including phenoxy) is 1. The smallest absolute Gasteiger partial charge is 0.0946 e. The van der Waals surface area contributed by atoms with Gasteiger partial charge in [-0.1, -0.05) is 15.9 Å². The zero-order valence-corrected chi connectivity index (χ0v) is 10.6. The number of hydrogen-bond donors (Lipinski definition) is 0. The molecular weight excluding hydrogens is 256 g/mol. The van der Waals surface area contributed by atoms with Crippen LogP contribution in [0, 0.1) is 5.92 Å². The molecule has 1 aromatic rings. The monoisotopic (exact) mass is 272 g/mol. The lowest BCUT2D eigenvalue weighted by Gasteiger charge is -2.32. The number of rotatable bonds is 3. The Morgan fingerprint density at radius 1 is 1.53 bits per heavy atom. The van der Waals surface area contributed by atoms with Gasteiger partial charge in [-0.15, -0.1) is 0 Å². The van der Waals surface area contributed by atoms with Gasteiger partial charge in [0.05, 0.1) is 12.4 Å². The lowest BCUT2D eigenvalue weighted by Crippen LogP contribution is -2.31. The van der Waals surface area contributed by atoms with Crippen LogP contribution in [0.1, 0.15) is 19.3 Å². The molecule has 1 heterocycles. The summed E-state index contributed by atoms with van der Waals surface area (Å²) in [5.74, 6) is 0.700. The molecule has 1 aromatic heterocycles. The lowest BCUT2D eigenvalue weighted by molar-refractivity contribution is 0.0582. The van der Waals surface area contributed by atoms with Crippen molar-refractivity contribution in [3.8, 4) is 0 Å². The molecule has 0 bridgehead atoms. The molecule has 0 aromatic carbocycles. The largest absolute Gasteiger partial charge is 0.381 e. The first-order valence-electron chi connectivity index (χ1n) is 5.42. The number of hydrogen-bond acceptors (Lipinski definition) is 2. The predicted octanol–water partition coefficient (Wildman–Crippen LogP) is 2.46. The third-order valence-electron chi connectivity index (χ3n) is 3.20. The van der Waals surface area contributed by atoms with Crippen LogP contribution in [-0.2, 0) is 11.3 Å². The first-order chi connectivity index (χ1) is 7.29. The summed E-state index contributed by atoms with van der Waals surface area (Å²) in [5, 5.41) is 0. The van der Waals surface area contributed by atoms with E-state index < -0.39 is 0 Å². The first kappa shape index (κ1) is 11.1. The molecule has 1 fully saturated rings. The van der Waals surface area contributed by atoms with Gasteiger partial charge in [0.15, 0.2) is 0 Å². The van der Waals surface area contributed by atoms with Crippen molar-refractivity contribution in [2.75, 3.05) is 7.11 Å². The van der Waals surface area contributed by atoms with Crippen molar-refractivity contribution in [3.05, 3.63) is 18.7 Å². The van der Waals surface area contributed by atoms with Crippen molar-refractivity contribution in [2.24, 2.45) is 5.92 Å². The van der Waals surface area contributed by atoms with Crippen molar-refractivity contribution in [2.45, 2.75) is 36.7 Å². The number of aromatic nitrogens is 2. The molecule has 0 amide bonds. The number of imidazole rings is 1. The molecule has 2 rings (SSSR count). The van der Waals surface area contributed by atoms with E-state index in [1.54, 1.807) is 7.11 Å². The molecule has 0 spiro atoms. The van der Waals surface area contributed by atoms with Gasteiger partial charge in [0.2, 0.25) is 0 Å². The summed E-state index contributed by atoms with van der Waals surface area (Å²) in [5.41, 5.74) is 0. The van der Waals surface area contributed by atoms with E-state index in [0.29, 0.717) is 16.8 Å². The van der Waals surface area contributed by atoms with E-state index in [2.05, 4.69) is 25.5 Å². The fourth-order valence-electron chi connectivity index (χ4n) is 2.23. The Morgan fingerprint density at radius 3 is 3.00 bits per heavy atom. The van der Waals surface area contributed by atoms with Crippen molar-refractivity contribution in [1.82, 2.24) is 9.55 Å². The Labute approximate surface area is 99.0 Å². The second-order valence-electron chi connectivity index (χ2n) is 4.21. The molecule has 4 heteroatoms. The van der Waals surface area contributed by atoms with Crippen LogP contribution < -0.4 is 0 Å². The Morgan fingerprint density at radius 2 is 2.40 bits per heavy atom. The summed E-state index contributed by atoms with van der Waals surface area (Å²) >= 11 is 3.77. The van der Waals surface area contributed by atoms with E-state index in [0.717, 1.165) is 13.0 Å². The summed E-state index contributed by atoms with van der Waals surface area (Å²) in [6.07, 6.45) is 9.72. The van der Waals surface area contributed by atoms with Crippen LogP contribution in [0.3, 0.4) is 0 Å². The van der Waals surface area contributed by atoms with Crippen molar-refractivity contribution in [1.29, 1.82) is 0 Å². The Bertz CT molecular complexity index is 289. The minimum absolute atomic E-state index is 0.438. The highest BCUT2D eigenvalue weighted by Crippen LogP contribution is 2.32. The lowest BCUT2D eigenvalue weighted by atomic mass is 9.87. The molecule has 1 aliphatic rings. The Kier molecular flexibility index (Phi) is 3.81. The molecule has 1 saturated carbocycles. The molecular formula is C11H17BrN2O. The quantitative estimate of drug-likeness (QED) is 0.791. The van der Waals surface area contributed by atoms with E-state index in [1.165, 1.54) is 12.8 Å². The summed E-state index contributed by atoms with van der Waals surface area (Å²) in [6.45, 7) is 1.06. The topological polar surface area (TPSA) is 27.1 Å². The summed E-state index contributed by atoms with van der Waals surface area (Å²) in [6, 6.07) is 0. The Balaban J connectivity index is 1.89. The molecule has 0 N–H and O–H groups in total. The normalized spacial score (nSPS) is 31.7. The minimum Gasteiger partial charge on any atom is -0.381 e. The average molecular weight is 273 g/mol. The van der Waals surface area contributed by atoms with Gasteiger partial charge in [0.1, 0.15) is 0 Å². The van der Waals surface area contributed by atoms with Gasteiger partial charge in [-0.3, -0.25) is 0 Å². The molecule has 3 atom stereocenters. The number of alkyl halides is 1. The first-order valence-corrected chi connectivity index (χ1v) is 6.33. The van der Waals surface area contributed by atoms with E-state index in [1.807, 2.05) is 18.7 Å². The van der Waals surface area contributed by atoms with Crippen LogP contribution in [0.15, 0.2) is 18.7 Å². The van der Waals surface area contributed by atoms with Gasteiger partial charge in [-0.05, 0) is 25.2 Å². The van der Waals surface area contributed by atoms with E-state index in [-0.39, 0.29) is 0 Å². The standard InChI is InChI=1S/C11H17BrN2O/c1-15-10-3-2-9(11(12)6-10)7-14-5-4-13-8-14/h4-5,8-11H,2-3,6-7H2,1H3/t9-,10-,11?/m1/s1. The van der Waals surface area contributed by atoms with Gasteiger partial charge in [-0.2, -0.15) is 0 Å². The maximum absolute atomic E-state index is 5.40. The fourth-order valence-corrected chi connectivity index (χ4v) is 3.08. The van der Waals surface area contributed by atoms with Gasteiger partial charge in [0, 0.05) is 30.9 Å². The summed E-state index contributed by atoms with van der Waals surface area (Å²) in [4.78, 5) is 4.63. The zero-order valence-electron chi connectivity index (χ0n) is 8.97. The van der Waals surface area contributed by atoms with E-state index >= 15 is 0 Å². The summed E-state index contributed by atoms with van der Waals surface area (Å²) in [7, 11) is 1.81. The van der Waals surface area contributed by atoms with Gasteiger partial charge in [0.25, 0.3) is 0 Å². The Hall–Kier alpha value is -0.350. The predicted molar refractivity (Wildman–Crippen MR) is 63.1 cm³/mol. The van der Waals surface area contributed by atoms with Crippen molar-refractivity contribution in [3.63, 3.8) is 0 Å². The molecule has 84 valence electrons. The van der Waals surface area contributed by atoms with Crippen LogP contribution in [0.25, 0.3) is 0 Å². The maximum Gasteiger partial charge on any atom is 0.0946 e. The second kappa shape index (κ2) is 5.12. The van der Waals surface area contributed by atoms with Crippen LogP contribution >= 0.6 is 15.9 Å². The second-order valence-corrected chi connectivity index (χ2v) is 5.38. The van der Waals surface area contributed by atoms with Crippen LogP contribution in [0.5, 0.6) is 0 Å². The maximum atomic E-state index is 5.40. The third kappa shape index (κ3) is 2.82. The highest BCUT2D eigenvalue weighted by Gasteiger charge is 2.28. The van der Waals surface area contributed by atoms with Gasteiger partial charge in [-0.25, -0.2) is 4.98 Å². The van der Waals surface area contributed by atoms with Crippen molar-refractivity contribution >= 4 is 15.9 Å². The highest BCUT2D eigenvalue weighted by molar-refractivity contribution is 9.09. The number of halogens is 1. The van der Waals surface area contributed by atoms with Gasteiger partial charge < -0.3 is 9.30 Å². The summed E-state index contributed by atoms with van der Waals surface area (Å²) < 4.78 is 7.55. The SMILES string of the molecule is CO[C@@H]1CC[C@H](Cn2ccnc2)C(Br)C1. The molecule has 3 nitrogen and oxygen atoms in total. The number of methoxy groups -OCH3 is 1. The van der Waals surface area contributed by atoms with E-state index in [9.17, 15) is 0 Å². The fraction of sp³-hybridized carbons (Fsp3) is 0.727. The molecule has 0 radical (unpaired) electrons. The zero-order chi connectivity index (χ0) is 10.7. The van der Waals surface area contributed by atoms with Crippen molar-refractivity contribution < 1.29 is 4.74 Å². The van der Waals surface area contributed by atoms with Gasteiger partial charge >= 0.3 is 0 Å². The molecule has 0 aliphatic heterocycles. The molecule has 15 heavy (non-hydrogen) atoms. The number of nitrogens with zero attached hydrogens (tertiary/aromatic N) is 2. The van der Waals surface area contributed by atoms with Crippen LogP contribution in [0.4, 0.5) is 0 Å². The third-order valence-corrected chi connectivity index (χ3v) is 4.32. The van der Waals surface area contributed by atoms with E-state index in [4.69, 9.17) is 4.74 Å². The minimum atomic E-state index is 0.438. The molecule has 1 unspecified atom stereocenters. The van der Waals surface area contributed by atoms with Crippen LogP contribution in [-0.4, -0.2) is 27.6 Å².